The van der Waals surface area contributed by atoms with Crippen LogP contribution in [0.2, 0.25) is 0 Å². The highest BCUT2D eigenvalue weighted by Gasteiger charge is 2.15. The normalized spacial score (nSPS) is 12.0. The van der Waals surface area contributed by atoms with E-state index in [1.807, 2.05) is 19.9 Å². The third-order valence-corrected chi connectivity index (χ3v) is 3.91. The van der Waals surface area contributed by atoms with Crippen molar-refractivity contribution in [3.05, 3.63) is 53.6 Å². The van der Waals surface area contributed by atoms with Crippen LogP contribution in [0, 0.1) is 11.3 Å². The highest BCUT2D eigenvalue weighted by atomic mass is 16.5. The Kier molecular flexibility index (Phi) is 6.84. The first-order chi connectivity index (χ1) is 13.0. The Morgan fingerprint density at radius 2 is 2.00 bits per heavy atom. The average Bonchev–Trinajstić information content (AvgIpc) is 2.68. The summed E-state index contributed by atoms with van der Waals surface area (Å²) in [6.45, 7) is 3.93. The van der Waals surface area contributed by atoms with E-state index in [0.717, 1.165) is 6.42 Å². The molecule has 27 heavy (non-hydrogen) atoms. The third-order valence-electron chi connectivity index (χ3n) is 3.91. The van der Waals surface area contributed by atoms with Gasteiger partial charge in [-0.05, 0) is 49.8 Å². The number of phenols is 1. The lowest BCUT2D eigenvalue weighted by atomic mass is 10.1. The Balaban J connectivity index is 2.34. The molecule has 0 radical (unpaired) electrons. The van der Waals surface area contributed by atoms with Gasteiger partial charge in [-0.2, -0.15) is 5.26 Å². The van der Waals surface area contributed by atoms with Crippen LogP contribution in [0.3, 0.4) is 0 Å². The number of nitrogens with one attached hydrogen (secondary N) is 1. The van der Waals surface area contributed by atoms with Crippen molar-refractivity contribution in [3.63, 3.8) is 0 Å². The van der Waals surface area contributed by atoms with Crippen LogP contribution in [-0.4, -0.2) is 24.2 Å². The number of anilines is 1. The monoisotopic (exact) mass is 366 g/mol. The number of carbonyl (C=O) groups is 1. The number of amides is 1. The molecule has 1 amide bonds. The fraction of sp³-hybridized carbons (Fsp3) is 0.238. The van der Waals surface area contributed by atoms with Crippen LogP contribution < -0.4 is 14.8 Å². The Morgan fingerprint density at radius 3 is 2.59 bits per heavy atom. The summed E-state index contributed by atoms with van der Waals surface area (Å²) < 4.78 is 11.3. The minimum absolute atomic E-state index is 0.0511. The number of phenolic OH excluding ortho intramolecular Hbond substituents is 1. The maximum atomic E-state index is 12.4. The molecular formula is C21H22N2O4. The van der Waals surface area contributed by atoms with Crippen molar-refractivity contribution in [1.29, 1.82) is 5.26 Å². The molecule has 0 saturated carbocycles. The van der Waals surface area contributed by atoms with Crippen LogP contribution in [-0.2, 0) is 4.79 Å². The van der Waals surface area contributed by atoms with E-state index in [4.69, 9.17) is 9.47 Å². The van der Waals surface area contributed by atoms with Gasteiger partial charge < -0.3 is 19.9 Å². The molecule has 2 aromatic carbocycles. The molecule has 2 aromatic rings. The molecule has 1 atom stereocenters. The number of benzene rings is 2. The smallest absolute Gasteiger partial charge is 0.266 e. The maximum absolute atomic E-state index is 12.4. The number of aromatic hydroxyl groups is 1. The number of nitriles is 1. The lowest BCUT2D eigenvalue weighted by molar-refractivity contribution is -0.112. The van der Waals surface area contributed by atoms with Crippen molar-refractivity contribution < 1.29 is 19.4 Å². The highest BCUT2D eigenvalue weighted by Crippen LogP contribution is 2.34. The first-order valence-corrected chi connectivity index (χ1v) is 8.54. The molecule has 0 aromatic heterocycles. The summed E-state index contributed by atoms with van der Waals surface area (Å²) in [5.41, 5.74) is 0.970. The van der Waals surface area contributed by atoms with Gasteiger partial charge in [0.1, 0.15) is 17.4 Å². The molecule has 0 saturated heterocycles. The summed E-state index contributed by atoms with van der Waals surface area (Å²) >= 11 is 0. The van der Waals surface area contributed by atoms with Gasteiger partial charge in [0.05, 0.1) is 13.2 Å². The zero-order valence-corrected chi connectivity index (χ0v) is 15.5. The number of rotatable bonds is 7. The maximum Gasteiger partial charge on any atom is 0.266 e. The summed E-state index contributed by atoms with van der Waals surface area (Å²) in [7, 11) is 1.54. The number of ether oxygens (including phenoxy) is 2. The Labute approximate surface area is 158 Å². The van der Waals surface area contributed by atoms with E-state index in [0.29, 0.717) is 22.7 Å². The van der Waals surface area contributed by atoms with E-state index < -0.39 is 5.91 Å². The number of para-hydroxylation sites is 1. The molecule has 0 fully saturated rings. The van der Waals surface area contributed by atoms with Gasteiger partial charge in [0.15, 0.2) is 11.5 Å². The summed E-state index contributed by atoms with van der Waals surface area (Å²) in [5, 5.41) is 21.4. The minimum Gasteiger partial charge on any atom is -0.508 e. The Morgan fingerprint density at radius 1 is 1.30 bits per heavy atom. The van der Waals surface area contributed by atoms with E-state index >= 15 is 0 Å². The quantitative estimate of drug-likeness (QED) is 0.437. The number of carbonyl (C=O) groups excluding carboxylic acids is 1. The second kappa shape index (κ2) is 9.30. The number of hydrogen-bond acceptors (Lipinski definition) is 5. The van der Waals surface area contributed by atoms with Gasteiger partial charge in [0.25, 0.3) is 5.91 Å². The van der Waals surface area contributed by atoms with Gasteiger partial charge in [-0.15, -0.1) is 0 Å². The van der Waals surface area contributed by atoms with E-state index in [-0.39, 0.29) is 17.4 Å². The second-order valence-corrected chi connectivity index (χ2v) is 5.89. The molecule has 0 aliphatic carbocycles. The summed E-state index contributed by atoms with van der Waals surface area (Å²) in [5.74, 6) is 0.549. The molecule has 0 aliphatic heterocycles. The SMILES string of the molecule is CC[C@H](C)Oc1c(/C=C(/C#N)C(=O)Nc2ccc(O)cc2)cccc1OC. The van der Waals surface area contributed by atoms with Crippen LogP contribution in [0.1, 0.15) is 25.8 Å². The Bertz CT molecular complexity index is 867. The summed E-state index contributed by atoms with van der Waals surface area (Å²) in [6, 6.07) is 13.2. The van der Waals surface area contributed by atoms with Crippen LogP contribution in [0.4, 0.5) is 5.69 Å². The van der Waals surface area contributed by atoms with Crippen molar-refractivity contribution in [2.24, 2.45) is 0 Å². The number of methoxy groups -OCH3 is 1. The lowest BCUT2D eigenvalue weighted by Gasteiger charge is -2.17. The zero-order chi connectivity index (χ0) is 19.8. The lowest BCUT2D eigenvalue weighted by Crippen LogP contribution is -2.14. The molecule has 2 rings (SSSR count). The van der Waals surface area contributed by atoms with Crippen molar-refractivity contribution in [2.45, 2.75) is 26.4 Å². The molecule has 0 bridgehead atoms. The van der Waals surface area contributed by atoms with E-state index in [1.165, 1.54) is 25.3 Å². The molecule has 0 heterocycles. The first kappa shape index (κ1) is 19.9. The number of hydrogen-bond donors (Lipinski definition) is 2. The average molecular weight is 366 g/mol. The van der Waals surface area contributed by atoms with Crippen molar-refractivity contribution in [1.82, 2.24) is 0 Å². The van der Waals surface area contributed by atoms with Gasteiger partial charge >= 0.3 is 0 Å². The van der Waals surface area contributed by atoms with Gasteiger partial charge in [0.2, 0.25) is 0 Å². The van der Waals surface area contributed by atoms with Gasteiger partial charge in [-0.25, -0.2) is 0 Å². The van der Waals surface area contributed by atoms with Crippen molar-refractivity contribution in [3.8, 4) is 23.3 Å². The summed E-state index contributed by atoms with van der Waals surface area (Å²) in [4.78, 5) is 12.4. The molecular weight excluding hydrogens is 344 g/mol. The van der Waals surface area contributed by atoms with Crippen LogP contribution in [0.25, 0.3) is 6.08 Å². The molecule has 6 nitrogen and oxygen atoms in total. The van der Waals surface area contributed by atoms with Gasteiger partial charge in [-0.3, -0.25) is 4.79 Å². The third kappa shape index (κ3) is 5.25. The predicted molar refractivity (Wildman–Crippen MR) is 104 cm³/mol. The van der Waals surface area contributed by atoms with E-state index in [2.05, 4.69) is 5.32 Å². The molecule has 0 unspecified atom stereocenters. The number of nitrogens with zero attached hydrogens (tertiary/aromatic N) is 1. The molecule has 0 aliphatic rings. The van der Waals surface area contributed by atoms with E-state index in [1.54, 1.807) is 30.3 Å². The van der Waals surface area contributed by atoms with Crippen LogP contribution >= 0.6 is 0 Å². The van der Waals surface area contributed by atoms with Crippen molar-refractivity contribution in [2.75, 3.05) is 12.4 Å². The molecule has 2 N–H and O–H groups in total. The minimum atomic E-state index is -0.555. The standard InChI is InChI=1S/C21H22N2O4/c1-4-14(2)27-20-15(6-5-7-19(20)26-3)12-16(13-22)21(25)23-17-8-10-18(24)11-9-17/h5-12,14,24H,4H2,1-3H3,(H,23,25)/b16-12-/t14-/m0/s1. The first-order valence-electron chi connectivity index (χ1n) is 8.54. The molecule has 140 valence electrons. The van der Waals surface area contributed by atoms with Gasteiger partial charge in [0, 0.05) is 11.3 Å². The highest BCUT2D eigenvalue weighted by molar-refractivity contribution is 6.09. The van der Waals surface area contributed by atoms with Crippen LogP contribution in [0.5, 0.6) is 17.2 Å². The molecule has 6 heteroatoms. The topological polar surface area (TPSA) is 91.6 Å². The Hall–Kier alpha value is -3.46. The fourth-order valence-corrected chi connectivity index (χ4v) is 2.27. The van der Waals surface area contributed by atoms with Gasteiger partial charge in [-0.1, -0.05) is 19.1 Å². The largest absolute Gasteiger partial charge is 0.508 e. The van der Waals surface area contributed by atoms with E-state index in [9.17, 15) is 15.2 Å². The predicted octanol–water partition coefficient (Wildman–Crippen LogP) is 4.12. The zero-order valence-electron chi connectivity index (χ0n) is 15.5. The second-order valence-electron chi connectivity index (χ2n) is 5.89. The summed E-state index contributed by atoms with van der Waals surface area (Å²) in [6.07, 6.45) is 2.22. The van der Waals surface area contributed by atoms with Crippen LogP contribution in [0.15, 0.2) is 48.0 Å². The fourth-order valence-electron chi connectivity index (χ4n) is 2.27. The van der Waals surface area contributed by atoms with Crippen molar-refractivity contribution >= 4 is 17.7 Å². The molecule has 0 spiro atoms.